The fourth-order valence-corrected chi connectivity index (χ4v) is 1.20. The van der Waals surface area contributed by atoms with Crippen molar-refractivity contribution in [2.45, 2.75) is 26.9 Å². The molecule has 0 fully saturated rings. The summed E-state index contributed by atoms with van der Waals surface area (Å²) in [4.78, 5) is 0. The Bertz CT molecular complexity index is 395. The monoisotopic (exact) mass is 208 g/mol. The molecule has 80 valence electrons. The Morgan fingerprint density at radius 3 is 2.73 bits per heavy atom. The van der Waals surface area contributed by atoms with E-state index in [0.29, 0.717) is 24.9 Å². The lowest BCUT2D eigenvalue weighted by Crippen LogP contribution is -2.12. The molecule has 1 N–H and O–H groups in total. The topological polar surface area (TPSA) is 77.0 Å². The molecule has 0 unspecified atom stereocenters. The van der Waals surface area contributed by atoms with Crippen LogP contribution in [0.15, 0.2) is 15.0 Å². The number of aromatic nitrogens is 3. The molecule has 0 amide bonds. The number of aryl methyl sites for hydroxylation is 2. The van der Waals surface area contributed by atoms with Gasteiger partial charge in [0.2, 0.25) is 11.8 Å². The van der Waals surface area contributed by atoms with Crippen LogP contribution in [0.1, 0.15) is 23.2 Å². The predicted octanol–water partition coefficient (Wildman–Crippen LogP) is 0.964. The first-order valence-electron chi connectivity index (χ1n) is 4.66. The lowest BCUT2D eigenvalue weighted by molar-refractivity contribution is 0.363. The molecule has 2 aromatic heterocycles. The van der Waals surface area contributed by atoms with Crippen molar-refractivity contribution in [1.29, 1.82) is 0 Å². The average molecular weight is 208 g/mol. The lowest BCUT2D eigenvalue weighted by Gasteiger charge is -1.96. The molecule has 2 heterocycles. The fraction of sp³-hybridized carbons (Fsp3) is 0.444. The molecule has 0 spiro atoms. The van der Waals surface area contributed by atoms with Crippen molar-refractivity contribution in [3.05, 3.63) is 29.3 Å². The zero-order valence-corrected chi connectivity index (χ0v) is 8.65. The van der Waals surface area contributed by atoms with Crippen LogP contribution in [-0.2, 0) is 13.1 Å². The van der Waals surface area contributed by atoms with E-state index < -0.39 is 0 Å². The van der Waals surface area contributed by atoms with Gasteiger partial charge in [0.05, 0.1) is 18.8 Å². The van der Waals surface area contributed by atoms with Gasteiger partial charge in [-0.25, -0.2) is 0 Å². The van der Waals surface area contributed by atoms with Gasteiger partial charge in [-0.05, 0) is 6.92 Å². The number of nitrogens with zero attached hydrogens (tertiary/aromatic N) is 3. The van der Waals surface area contributed by atoms with E-state index >= 15 is 0 Å². The summed E-state index contributed by atoms with van der Waals surface area (Å²) in [6.45, 7) is 4.77. The largest absolute Gasteiger partial charge is 0.424 e. The van der Waals surface area contributed by atoms with Gasteiger partial charge in [-0.15, -0.1) is 10.2 Å². The molecular formula is C9H12N4O2. The molecule has 0 radical (unpaired) electrons. The van der Waals surface area contributed by atoms with Gasteiger partial charge in [0.1, 0.15) is 0 Å². The van der Waals surface area contributed by atoms with Crippen molar-refractivity contribution >= 4 is 0 Å². The predicted molar refractivity (Wildman–Crippen MR) is 50.8 cm³/mol. The Morgan fingerprint density at radius 1 is 1.27 bits per heavy atom. The molecule has 0 saturated heterocycles. The van der Waals surface area contributed by atoms with Crippen LogP contribution in [0, 0.1) is 13.8 Å². The maximum absolute atomic E-state index is 5.20. The highest BCUT2D eigenvalue weighted by Crippen LogP contribution is 2.02. The van der Waals surface area contributed by atoms with Gasteiger partial charge < -0.3 is 14.3 Å². The van der Waals surface area contributed by atoms with Crippen LogP contribution >= 0.6 is 0 Å². The molecule has 15 heavy (non-hydrogen) atoms. The van der Waals surface area contributed by atoms with Crippen LogP contribution < -0.4 is 5.32 Å². The summed E-state index contributed by atoms with van der Waals surface area (Å²) < 4.78 is 10.2. The van der Waals surface area contributed by atoms with Gasteiger partial charge in [0.25, 0.3) is 0 Å². The third-order valence-corrected chi connectivity index (χ3v) is 1.82. The van der Waals surface area contributed by atoms with Gasteiger partial charge in [0.15, 0.2) is 5.76 Å². The maximum Gasteiger partial charge on any atom is 0.230 e. The van der Waals surface area contributed by atoms with Gasteiger partial charge >= 0.3 is 0 Å². The average Bonchev–Trinajstić information content (AvgIpc) is 2.76. The number of rotatable bonds is 4. The lowest BCUT2D eigenvalue weighted by atomic mass is 10.4. The van der Waals surface area contributed by atoms with Crippen molar-refractivity contribution in [3.8, 4) is 0 Å². The SMILES string of the molecule is Cc1cc(CNCc2nnc(C)o2)on1. The third kappa shape index (κ3) is 2.63. The number of hydrogen-bond acceptors (Lipinski definition) is 6. The second kappa shape index (κ2) is 4.22. The van der Waals surface area contributed by atoms with Crippen LogP contribution in [0.2, 0.25) is 0 Å². The van der Waals surface area contributed by atoms with E-state index in [2.05, 4.69) is 20.7 Å². The summed E-state index contributed by atoms with van der Waals surface area (Å²) >= 11 is 0. The molecule has 0 aliphatic rings. The van der Waals surface area contributed by atoms with E-state index in [0.717, 1.165) is 11.5 Å². The van der Waals surface area contributed by atoms with E-state index in [1.165, 1.54) is 0 Å². The summed E-state index contributed by atoms with van der Waals surface area (Å²) in [5.74, 6) is 1.94. The van der Waals surface area contributed by atoms with E-state index in [-0.39, 0.29) is 0 Å². The van der Waals surface area contributed by atoms with Crippen LogP contribution in [0.25, 0.3) is 0 Å². The standard InChI is InChI=1S/C9H12N4O2/c1-6-3-8(15-13-6)4-10-5-9-12-11-7(2)14-9/h3,10H,4-5H2,1-2H3. The van der Waals surface area contributed by atoms with Gasteiger partial charge in [-0.3, -0.25) is 0 Å². The smallest absolute Gasteiger partial charge is 0.230 e. The normalized spacial score (nSPS) is 10.8. The number of hydrogen-bond donors (Lipinski definition) is 1. The minimum Gasteiger partial charge on any atom is -0.424 e. The first kappa shape index (κ1) is 9.85. The Morgan fingerprint density at radius 2 is 2.13 bits per heavy atom. The van der Waals surface area contributed by atoms with Crippen molar-refractivity contribution in [2.24, 2.45) is 0 Å². The van der Waals surface area contributed by atoms with Crippen LogP contribution in [0.4, 0.5) is 0 Å². The first-order valence-corrected chi connectivity index (χ1v) is 4.66. The quantitative estimate of drug-likeness (QED) is 0.806. The summed E-state index contributed by atoms with van der Waals surface area (Å²) in [5, 5.41) is 14.5. The molecule has 2 aromatic rings. The van der Waals surface area contributed by atoms with E-state index in [1.54, 1.807) is 6.92 Å². The molecule has 0 aliphatic heterocycles. The molecule has 2 rings (SSSR count). The highest BCUT2D eigenvalue weighted by Gasteiger charge is 2.03. The highest BCUT2D eigenvalue weighted by atomic mass is 16.5. The third-order valence-electron chi connectivity index (χ3n) is 1.82. The summed E-state index contributed by atoms with van der Waals surface area (Å²) in [6, 6.07) is 1.88. The highest BCUT2D eigenvalue weighted by molar-refractivity contribution is 5.02. The second-order valence-corrected chi connectivity index (χ2v) is 3.25. The van der Waals surface area contributed by atoms with Gasteiger partial charge in [-0.1, -0.05) is 5.16 Å². The van der Waals surface area contributed by atoms with E-state index in [1.807, 2.05) is 13.0 Å². The van der Waals surface area contributed by atoms with E-state index in [4.69, 9.17) is 8.94 Å². The molecule has 0 bridgehead atoms. The van der Waals surface area contributed by atoms with Gasteiger partial charge in [-0.2, -0.15) is 0 Å². The van der Waals surface area contributed by atoms with Crippen molar-refractivity contribution < 1.29 is 8.94 Å². The molecule has 6 heteroatoms. The van der Waals surface area contributed by atoms with Crippen LogP contribution in [0.3, 0.4) is 0 Å². The Balaban J connectivity index is 1.80. The van der Waals surface area contributed by atoms with E-state index in [9.17, 15) is 0 Å². The summed E-state index contributed by atoms with van der Waals surface area (Å²) in [5.41, 5.74) is 0.875. The Labute approximate surface area is 86.7 Å². The molecule has 6 nitrogen and oxygen atoms in total. The maximum atomic E-state index is 5.20. The van der Waals surface area contributed by atoms with Crippen LogP contribution in [-0.4, -0.2) is 15.4 Å². The molecule has 0 aromatic carbocycles. The van der Waals surface area contributed by atoms with Crippen LogP contribution in [0.5, 0.6) is 0 Å². The minimum atomic E-state index is 0.528. The Kier molecular flexibility index (Phi) is 2.77. The van der Waals surface area contributed by atoms with Crippen molar-refractivity contribution in [3.63, 3.8) is 0 Å². The zero-order valence-electron chi connectivity index (χ0n) is 8.65. The summed E-state index contributed by atoms with van der Waals surface area (Å²) in [7, 11) is 0. The zero-order chi connectivity index (χ0) is 10.7. The molecule has 0 atom stereocenters. The minimum absolute atomic E-state index is 0.528. The first-order chi connectivity index (χ1) is 7.24. The second-order valence-electron chi connectivity index (χ2n) is 3.25. The summed E-state index contributed by atoms with van der Waals surface area (Å²) in [6.07, 6.45) is 0. The fourth-order valence-electron chi connectivity index (χ4n) is 1.20. The molecular weight excluding hydrogens is 196 g/mol. The van der Waals surface area contributed by atoms with Crippen molar-refractivity contribution in [1.82, 2.24) is 20.7 Å². The molecule has 0 saturated carbocycles. The number of nitrogens with one attached hydrogen (secondary N) is 1. The Hall–Kier alpha value is -1.69. The molecule has 0 aliphatic carbocycles. The van der Waals surface area contributed by atoms with Crippen molar-refractivity contribution in [2.75, 3.05) is 0 Å². The van der Waals surface area contributed by atoms with Gasteiger partial charge in [0, 0.05) is 13.0 Å².